The number of fused-ring (bicyclic) bond motifs is 5. The first-order chi connectivity index (χ1) is 29.1. The first-order valence-electron chi connectivity index (χ1n) is 20.4. The van der Waals surface area contributed by atoms with Crippen LogP contribution in [-0.2, 0) is 0 Å². The van der Waals surface area contributed by atoms with E-state index in [-0.39, 0.29) is 0 Å². The maximum Gasteiger partial charge on any atom is 0.136 e. The Balaban J connectivity index is 1.07. The van der Waals surface area contributed by atoms with Crippen molar-refractivity contribution in [1.82, 2.24) is 0 Å². The third kappa shape index (κ3) is 7.33. The van der Waals surface area contributed by atoms with Gasteiger partial charge in [-0.15, -0.1) is 0 Å². The first-order valence-corrected chi connectivity index (χ1v) is 20.4. The lowest BCUT2D eigenvalue weighted by atomic mass is 9.92. The largest absolute Gasteiger partial charge is 0.456 e. The average Bonchev–Trinajstić information content (AvgIpc) is 3.69. The van der Waals surface area contributed by atoms with Crippen molar-refractivity contribution in [3.8, 4) is 11.1 Å². The molecule has 8 aromatic rings. The van der Waals surface area contributed by atoms with Gasteiger partial charge >= 0.3 is 0 Å². The number of anilines is 3. The number of rotatable bonds is 7. The molecule has 7 aromatic carbocycles. The number of para-hydroxylation sites is 1. The summed E-state index contributed by atoms with van der Waals surface area (Å²) in [4.78, 5) is 2.40. The molecule has 0 radical (unpaired) electrons. The van der Waals surface area contributed by atoms with Gasteiger partial charge in [0.05, 0.1) is 0 Å². The van der Waals surface area contributed by atoms with E-state index in [9.17, 15) is 0 Å². The fraction of sp³-hybridized carbons (Fsp3) is 0.0526. The summed E-state index contributed by atoms with van der Waals surface area (Å²) in [5.41, 5.74) is 14.5. The summed E-state index contributed by atoms with van der Waals surface area (Å²) in [5.74, 6) is 0.342. The molecule has 2 heteroatoms. The predicted octanol–water partition coefficient (Wildman–Crippen LogP) is 16.0. The zero-order valence-electron chi connectivity index (χ0n) is 32.8. The van der Waals surface area contributed by atoms with E-state index < -0.39 is 0 Å². The zero-order valence-corrected chi connectivity index (χ0v) is 32.8. The maximum absolute atomic E-state index is 6.25. The topological polar surface area (TPSA) is 16.4 Å². The summed E-state index contributed by atoms with van der Waals surface area (Å²) in [6.07, 6.45) is 23.7. The summed E-state index contributed by atoms with van der Waals surface area (Å²) < 4.78 is 6.25. The molecule has 1 aromatic heterocycles. The van der Waals surface area contributed by atoms with Crippen molar-refractivity contribution in [2.75, 3.05) is 4.90 Å². The summed E-state index contributed by atoms with van der Waals surface area (Å²) in [7, 11) is 0. The molecule has 0 aliphatic heterocycles. The molecular formula is C57H43NO. The molecule has 0 bridgehead atoms. The van der Waals surface area contributed by atoms with Crippen molar-refractivity contribution in [1.29, 1.82) is 0 Å². The Hall–Kier alpha value is -7.42. The zero-order chi connectivity index (χ0) is 39.5. The average molecular weight is 758 g/mol. The summed E-state index contributed by atoms with van der Waals surface area (Å²) >= 11 is 0. The van der Waals surface area contributed by atoms with E-state index in [1.54, 1.807) is 0 Å². The van der Waals surface area contributed by atoms with Crippen molar-refractivity contribution in [2.45, 2.75) is 18.8 Å². The van der Waals surface area contributed by atoms with Crippen molar-refractivity contribution in [2.24, 2.45) is 0 Å². The molecule has 59 heavy (non-hydrogen) atoms. The molecule has 0 saturated carbocycles. The van der Waals surface area contributed by atoms with Crippen LogP contribution >= 0.6 is 0 Å². The lowest BCUT2D eigenvalue weighted by Crippen LogP contribution is -2.11. The highest BCUT2D eigenvalue weighted by Crippen LogP contribution is 2.41. The Morgan fingerprint density at radius 2 is 1.29 bits per heavy atom. The molecule has 2 nitrogen and oxygen atoms in total. The Morgan fingerprint density at radius 1 is 0.525 bits per heavy atom. The Kier molecular flexibility index (Phi) is 9.66. The van der Waals surface area contributed by atoms with Gasteiger partial charge in [-0.05, 0) is 129 Å². The van der Waals surface area contributed by atoms with Gasteiger partial charge in [0.2, 0.25) is 0 Å². The molecule has 2 aliphatic rings. The van der Waals surface area contributed by atoms with Crippen LogP contribution in [0.5, 0.6) is 0 Å². The molecule has 10 rings (SSSR count). The molecule has 0 amide bonds. The highest BCUT2D eigenvalue weighted by Gasteiger charge is 2.18. The highest BCUT2D eigenvalue weighted by atomic mass is 16.3. The number of nitrogens with zero attached hydrogens (tertiary/aromatic N) is 1. The predicted molar refractivity (Wildman–Crippen MR) is 251 cm³/mol. The fourth-order valence-electron chi connectivity index (χ4n) is 8.53. The van der Waals surface area contributed by atoms with Gasteiger partial charge in [-0.25, -0.2) is 0 Å². The van der Waals surface area contributed by atoms with Gasteiger partial charge in [-0.2, -0.15) is 0 Å². The third-order valence-electron chi connectivity index (χ3n) is 11.5. The minimum atomic E-state index is 0.342. The van der Waals surface area contributed by atoms with Crippen LogP contribution in [0.25, 0.3) is 55.0 Å². The van der Waals surface area contributed by atoms with Gasteiger partial charge in [0.1, 0.15) is 11.2 Å². The number of hydrogen-bond donors (Lipinski definition) is 0. The van der Waals surface area contributed by atoms with Gasteiger partial charge in [0.15, 0.2) is 0 Å². The summed E-state index contributed by atoms with van der Waals surface area (Å²) in [6.45, 7) is 4.32. The van der Waals surface area contributed by atoms with Crippen LogP contribution in [0.15, 0.2) is 235 Å². The Morgan fingerprint density at radius 3 is 2.15 bits per heavy atom. The molecule has 0 fully saturated rings. The monoisotopic (exact) mass is 757 g/mol. The van der Waals surface area contributed by atoms with Gasteiger partial charge < -0.3 is 9.32 Å². The molecule has 0 spiro atoms. The van der Waals surface area contributed by atoms with Crippen LogP contribution in [0.3, 0.4) is 0 Å². The maximum atomic E-state index is 6.25. The quantitative estimate of drug-likeness (QED) is 0.161. The highest BCUT2D eigenvalue weighted by molar-refractivity contribution is 6.19. The molecule has 2 aliphatic carbocycles. The SMILES string of the molecule is C=C1/C=C\C=C/C/C(c2cccc(N(c3ccc(-c4ccc5ccc6oc7ccccc7c6c5c4)cc3)c3cccc(C4C=CC=CC4)c3)c2)=C\C(c2ccccc2)=C/1. The number of hydrogen-bond acceptors (Lipinski definition) is 2. The molecular weight excluding hydrogens is 715 g/mol. The van der Waals surface area contributed by atoms with Crippen LogP contribution in [0.4, 0.5) is 17.1 Å². The summed E-state index contributed by atoms with van der Waals surface area (Å²) in [6, 6.07) is 57.0. The van der Waals surface area contributed by atoms with E-state index in [2.05, 4.69) is 218 Å². The molecule has 0 saturated heterocycles. The third-order valence-corrected chi connectivity index (χ3v) is 11.5. The molecule has 282 valence electrons. The molecule has 1 unspecified atom stereocenters. The molecule has 1 atom stereocenters. The van der Waals surface area contributed by atoms with Crippen molar-refractivity contribution in [3.63, 3.8) is 0 Å². The van der Waals surface area contributed by atoms with E-state index in [0.717, 1.165) is 63.2 Å². The van der Waals surface area contributed by atoms with Crippen molar-refractivity contribution in [3.05, 3.63) is 247 Å². The second-order valence-electron chi connectivity index (χ2n) is 15.4. The molecule has 1 heterocycles. The van der Waals surface area contributed by atoms with E-state index in [1.165, 1.54) is 44.0 Å². The number of furan rings is 1. The van der Waals surface area contributed by atoms with Crippen LogP contribution in [-0.4, -0.2) is 0 Å². The normalized spacial score (nSPS) is 18.3. The number of allylic oxidation sites excluding steroid dienone is 13. The van der Waals surface area contributed by atoms with Crippen molar-refractivity contribution < 1.29 is 4.42 Å². The minimum absolute atomic E-state index is 0.342. The lowest BCUT2D eigenvalue weighted by molar-refractivity contribution is 0.669. The first kappa shape index (κ1) is 36.0. The van der Waals surface area contributed by atoms with Gasteiger partial charge in [0, 0.05) is 33.8 Å². The fourth-order valence-corrected chi connectivity index (χ4v) is 8.53. The van der Waals surface area contributed by atoms with Crippen LogP contribution in [0, 0.1) is 0 Å². The Labute approximate surface area is 346 Å². The van der Waals surface area contributed by atoms with Crippen LogP contribution in [0.2, 0.25) is 0 Å². The molecule has 0 N–H and O–H groups in total. The summed E-state index contributed by atoms with van der Waals surface area (Å²) in [5, 5.41) is 4.71. The van der Waals surface area contributed by atoms with E-state index in [1.807, 2.05) is 12.1 Å². The standard InChI is InChI=1S/C57H43NO/c1-40-15-5-2-10-20-45(36-49(35-40)42-18-8-4-9-19-42)47-22-14-24-52(38-47)58(51-23-13-21-46(37-51)41-16-6-3-7-17-41)50-32-29-43(30-33-50)48-28-27-44-31-34-56-57(54(44)39-48)53-25-11-12-26-55(53)59-56/h2-16,18-19,21-39,41H,1,17,20H2/b10-2-,15-5-,45-36+,49-35+. The van der Waals surface area contributed by atoms with Gasteiger partial charge in [0.25, 0.3) is 0 Å². The lowest BCUT2D eigenvalue weighted by Gasteiger charge is -2.27. The van der Waals surface area contributed by atoms with E-state index in [0.29, 0.717) is 5.92 Å². The van der Waals surface area contributed by atoms with Crippen LogP contribution in [0.1, 0.15) is 35.4 Å². The smallest absolute Gasteiger partial charge is 0.136 e. The van der Waals surface area contributed by atoms with E-state index >= 15 is 0 Å². The number of benzene rings is 7. The van der Waals surface area contributed by atoms with Gasteiger partial charge in [-0.3, -0.25) is 0 Å². The second-order valence-corrected chi connectivity index (χ2v) is 15.4. The van der Waals surface area contributed by atoms with Crippen LogP contribution < -0.4 is 4.90 Å². The van der Waals surface area contributed by atoms with Crippen molar-refractivity contribution >= 4 is 60.9 Å². The minimum Gasteiger partial charge on any atom is -0.456 e. The van der Waals surface area contributed by atoms with E-state index in [4.69, 9.17) is 4.42 Å². The second kappa shape index (κ2) is 15.8. The van der Waals surface area contributed by atoms with Gasteiger partial charge in [-0.1, -0.05) is 164 Å². The Bertz CT molecular complexity index is 3060.